The van der Waals surface area contributed by atoms with E-state index in [-0.39, 0.29) is 0 Å². The van der Waals surface area contributed by atoms with Crippen LogP contribution in [0.4, 0.5) is 0 Å². The van der Waals surface area contributed by atoms with Gasteiger partial charge in [0, 0.05) is 0 Å². The van der Waals surface area contributed by atoms with Crippen LogP contribution in [0.15, 0.2) is 30.3 Å². The molecule has 10 heavy (non-hydrogen) atoms. The maximum atomic E-state index is 8.97. The minimum absolute atomic E-state index is 0.644. The van der Waals surface area contributed by atoms with Crippen LogP contribution in [0, 0.1) is 11.3 Å². The lowest BCUT2D eigenvalue weighted by Crippen LogP contribution is -1.90. The fourth-order valence-corrected chi connectivity index (χ4v) is 0.710. The Kier molecular flexibility index (Phi) is 2.03. The third-order valence-corrected chi connectivity index (χ3v) is 1.24. The zero-order chi connectivity index (χ0) is 7.40. The van der Waals surface area contributed by atoms with Gasteiger partial charge in [-0.3, -0.25) is 0 Å². The summed E-state index contributed by atoms with van der Waals surface area (Å²) >= 11 is 0. The minimum atomic E-state index is -0.985. The van der Waals surface area contributed by atoms with E-state index in [1.807, 2.05) is 6.07 Å². The average molecular weight is 133 g/mol. The number of aliphatic hydroxyl groups excluding tert-OH is 1. The van der Waals surface area contributed by atoms with Gasteiger partial charge in [-0.2, -0.15) is 5.26 Å². The predicted molar refractivity (Wildman–Crippen MR) is 37.0 cm³/mol. The Morgan fingerprint density at radius 3 is 2.40 bits per heavy atom. The molecule has 0 saturated carbocycles. The zero-order valence-electron chi connectivity index (χ0n) is 5.36. The molecule has 0 aliphatic heterocycles. The number of rotatable bonds is 1. The van der Waals surface area contributed by atoms with Gasteiger partial charge in [-0.25, -0.2) is 0 Å². The van der Waals surface area contributed by atoms with Crippen molar-refractivity contribution < 1.29 is 5.11 Å². The van der Waals surface area contributed by atoms with Gasteiger partial charge in [-0.15, -0.1) is 0 Å². The van der Waals surface area contributed by atoms with Crippen LogP contribution in [-0.4, -0.2) is 5.11 Å². The SMILES string of the molecule is N#C[C@H](O)c1ccccc1. The molecule has 0 spiro atoms. The molecule has 0 aromatic heterocycles. The molecule has 0 fully saturated rings. The van der Waals surface area contributed by atoms with Gasteiger partial charge in [0.2, 0.25) is 0 Å². The van der Waals surface area contributed by atoms with Crippen molar-refractivity contribution in [3.8, 4) is 6.07 Å². The summed E-state index contributed by atoms with van der Waals surface area (Å²) in [7, 11) is 0. The van der Waals surface area contributed by atoms with E-state index in [2.05, 4.69) is 0 Å². The molecule has 1 rings (SSSR count). The Hall–Kier alpha value is -1.33. The van der Waals surface area contributed by atoms with Gasteiger partial charge in [-0.05, 0) is 5.56 Å². The molecule has 0 saturated heterocycles. The number of hydrogen-bond acceptors (Lipinski definition) is 2. The van der Waals surface area contributed by atoms with Crippen LogP contribution in [-0.2, 0) is 0 Å². The standard InChI is InChI=1S/C8H7NO/c9-6-8(10)7-4-2-1-3-5-7/h1-5,8,10H/t8-/m0/s1. The topological polar surface area (TPSA) is 44.0 Å². The molecule has 50 valence electrons. The summed E-state index contributed by atoms with van der Waals surface area (Å²) in [6.45, 7) is 0. The summed E-state index contributed by atoms with van der Waals surface area (Å²) in [5.74, 6) is 0. The fourth-order valence-electron chi connectivity index (χ4n) is 0.710. The van der Waals surface area contributed by atoms with E-state index in [4.69, 9.17) is 10.4 Å². The molecule has 0 unspecified atom stereocenters. The lowest BCUT2D eigenvalue weighted by Gasteiger charge is -1.98. The molecule has 0 aliphatic carbocycles. The lowest BCUT2D eigenvalue weighted by molar-refractivity contribution is 0.236. The van der Waals surface area contributed by atoms with E-state index in [0.29, 0.717) is 5.56 Å². The molecular formula is C8H7NO. The Balaban J connectivity index is 2.88. The van der Waals surface area contributed by atoms with E-state index in [0.717, 1.165) is 0 Å². The predicted octanol–water partition coefficient (Wildman–Crippen LogP) is 1.24. The van der Waals surface area contributed by atoms with Crippen molar-refractivity contribution >= 4 is 0 Å². The molecule has 1 aromatic rings. The van der Waals surface area contributed by atoms with Gasteiger partial charge in [-0.1, -0.05) is 30.3 Å². The van der Waals surface area contributed by atoms with Gasteiger partial charge in [0.25, 0.3) is 0 Å². The molecule has 0 radical (unpaired) electrons. The van der Waals surface area contributed by atoms with Crippen molar-refractivity contribution in [2.45, 2.75) is 6.10 Å². The van der Waals surface area contributed by atoms with Gasteiger partial charge < -0.3 is 5.11 Å². The highest BCUT2D eigenvalue weighted by atomic mass is 16.3. The summed E-state index contributed by atoms with van der Waals surface area (Å²) in [5.41, 5.74) is 0.644. The number of aliphatic hydroxyl groups is 1. The normalized spacial score (nSPS) is 12.0. The number of benzene rings is 1. The first-order valence-corrected chi connectivity index (χ1v) is 2.97. The van der Waals surface area contributed by atoms with Crippen molar-refractivity contribution in [1.82, 2.24) is 0 Å². The van der Waals surface area contributed by atoms with E-state index in [1.54, 1.807) is 30.3 Å². The van der Waals surface area contributed by atoms with Crippen LogP contribution in [0.3, 0.4) is 0 Å². The third-order valence-electron chi connectivity index (χ3n) is 1.24. The second-order valence-corrected chi connectivity index (χ2v) is 1.94. The summed E-state index contributed by atoms with van der Waals surface area (Å²) in [4.78, 5) is 0. The van der Waals surface area contributed by atoms with Crippen molar-refractivity contribution in [2.75, 3.05) is 0 Å². The van der Waals surface area contributed by atoms with Crippen LogP contribution < -0.4 is 0 Å². The monoisotopic (exact) mass is 133 g/mol. The molecule has 1 atom stereocenters. The second kappa shape index (κ2) is 3.00. The van der Waals surface area contributed by atoms with E-state index in [9.17, 15) is 0 Å². The molecular weight excluding hydrogens is 126 g/mol. The van der Waals surface area contributed by atoms with Gasteiger partial charge in [0.15, 0.2) is 6.10 Å². The summed E-state index contributed by atoms with van der Waals surface area (Å²) in [5, 5.41) is 17.3. The Labute approximate surface area is 59.3 Å². The van der Waals surface area contributed by atoms with Gasteiger partial charge in [0.05, 0.1) is 6.07 Å². The van der Waals surface area contributed by atoms with Crippen LogP contribution in [0.25, 0.3) is 0 Å². The van der Waals surface area contributed by atoms with Crippen molar-refractivity contribution in [3.05, 3.63) is 35.9 Å². The number of nitrogens with zero attached hydrogens (tertiary/aromatic N) is 1. The van der Waals surface area contributed by atoms with Crippen LogP contribution in [0.5, 0.6) is 0 Å². The number of hydrogen-bond donors (Lipinski definition) is 1. The van der Waals surface area contributed by atoms with Crippen LogP contribution in [0.1, 0.15) is 11.7 Å². The van der Waals surface area contributed by atoms with E-state index >= 15 is 0 Å². The first-order chi connectivity index (χ1) is 4.84. The van der Waals surface area contributed by atoms with E-state index < -0.39 is 6.10 Å². The van der Waals surface area contributed by atoms with Crippen molar-refractivity contribution in [1.29, 1.82) is 5.26 Å². The summed E-state index contributed by atoms with van der Waals surface area (Å²) in [6, 6.07) is 10.6. The minimum Gasteiger partial charge on any atom is -0.374 e. The Morgan fingerprint density at radius 2 is 1.90 bits per heavy atom. The van der Waals surface area contributed by atoms with Gasteiger partial charge >= 0.3 is 0 Å². The second-order valence-electron chi connectivity index (χ2n) is 1.94. The summed E-state index contributed by atoms with van der Waals surface area (Å²) in [6.07, 6.45) is -0.985. The quantitative estimate of drug-likeness (QED) is 0.586. The highest BCUT2D eigenvalue weighted by molar-refractivity contribution is 5.21. The maximum Gasteiger partial charge on any atom is 0.165 e. The summed E-state index contributed by atoms with van der Waals surface area (Å²) < 4.78 is 0. The molecule has 2 heteroatoms. The van der Waals surface area contributed by atoms with Crippen LogP contribution >= 0.6 is 0 Å². The lowest BCUT2D eigenvalue weighted by atomic mass is 10.1. The van der Waals surface area contributed by atoms with Crippen molar-refractivity contribution in [2.24, 2.45) is 0 Å². The molecule has 1 N–H and O–H groups in total. The fraction of sp³-hybridized carbons (Fsp3) is 0.125. The maximum absolute atomic E-state index is 8.97. The zero-order valence-corrected chi connectivity index (χ0v) is 5.36. The third kappa shape index (κ3) is 1.34. The molecule has 0 amide bonds. The molecule has 0 heterocycles. The first-order valence-electron chi connectivity index (χ1n) is 2.97. The average Bonchev–Trinajstić information content (AvgIpc) is 2.05. The molecule has 0 bridgehead atoms. The molecule has 0 aliphatic rings. The van der Waals surface area contributed by atoms with Gasteiger partial charge in [0.1, 0.15) is 0 Å². The van der Waals surface area contributed by atoms with Crippen LogP contribution in [0.2, 0.25) is 0 Å². The largest absolute Gasteiger partial charge is 0.374 e. The first kappa shape index (κ1) is 6.79. The van der Waals surface area contributed by atoms with Crippen molar-refractivity contribution in [3.63, 3.8) is 0 Å². The van der Waals surface area contributed by atoms with E-state index in [1.165, 1.54) is 0 Å². The number of nitriles is 1. The molecule has 2 nitrogen and oxygen atoms in total. The highest BCUT2D eigenvalue weighted by Gasteiger charge is 2.01. The smallest absolute Gasteiger partial charge is 0.165 e. The highest BCUT2D eigenvalue weighted by Crippen LogP contribution is 2.09. The Morgan fingerprint density at radius 1 is 1.30 bits per heavy atom. The Bertz CT molecular complexity index is 237. The molecule has 1 aromatic carbocycles.